The van der Waals surface area contributed by atoms with E-state index in [1.54, 1.807) is 0 Å². The first-order valence-electron chi connectivity index (χ1n) is 10.7. The van der Waals surface area contributed by atoms with Crippen molar-refractivity contribution in [2.24, 2.45) is 0 Å². The Labute approximate surface area is 177 Å². The third kappa shape index (κ3) is 2.82. The molecule has 1 amide bonds. The molecule has 0 atom stereocenters. The number of rotatable bonds is 2. The molecule has 0 saturated carbocycles. The van der Waals surface area contributed by atoms with Crippen molar-refractivity contribution in [3.63, 3.8) is 0 Å². The summed E-state index contributed by atoms with van der Waals surface area (Å²) in [5.74, 6) is 2.37. The molecule has 2 aromatic heterocycles. The van der Waals surface area contributed by atoms with Gasteiger partial charge in [-0.05, 0) is 43.5 Å². The molecule has 2 aliphatic rings. The van der Waals surface area contributed by atoms with Gasteiger partial charge in [0.05, 0.1) is 23.1 Å². The van der Waals surface area contributed by atoms with Gasteiger partial charge in [-0.15, -0.1) is 0 Å². The summed E-state index contributed by atoms with van der Waals surface area (Å²) in [6.07, 6.45) is 5.50. The van der Waals surface area contributed by atoms with Crippen LogP contribution >= 0.6 is 0 Å². The number of nitrogens with zero attached hydrogens (tertiary/aromatic N) is 4. The zero-order chi connectivity index (χ0) is 20.9. The summed E-state index contributed by atoms with van der Waals surface area (Å²) < 4.78 is 2.23. The predicted octanol–water partition coefficient (Wildman–Crippen LogP) is 4.26. The molecule has 5 rings (SSSR count). The Morgan fingerprint density at radius 2 is 1.87 bits per heavy atom. The number of hydrogen-bond acceptors (Lipinski definition) is 4. The van der Waals surface area contributed by atoms with E-state index in [9.17, 15) is 4.79 Å². The van der Waals surface area contributed by atoms with Crippen LogP contribution in [0.1, 0.15) is 60.0 Å². The fraction of sp³-hybridized carbons (Fsp3) is 0.375. The first-order chi connectivity index (χ1) is 14.5. The second-order valence-corrected chi connectivity index (χ2v) is 8.68. The first-order valence-corrected chi connectivity index (χ1v) is 10.7. The summed E-state index contributed by atoms with van der Waals surface area (Å²) in [7, 11) is 0. The molecule has 1 spiro atoms. The topological polar surface area (TPSA) is 63.1 Å². The van der Waals surface area contributed by atoms with E-state index in [2.05, 4.69) is 34.8 Å². The van der Waals surface area contributed by atoms with E-state index >= 15 is 0 Å². The monoisotopic (exact) mass is 401 g/mol. The molecule has 0 unspecified atom stereocenters. The molecule has 0 aliphatic carbocycles. The highest BCUT2D eigenvalue weighted by Gasteiger charge is 2.44. The highest BCUT2D eigenvalue weighted by molar-refractivity contribution is 5.95. The number of amides is 1. The number of hydrogen-bond donors (Lipinski definition) is 1. The van der Waals surface area contributed by atoms with Gasteiger partial charge in [0.15, 0.2) is 5.82 Å². The fourth-order valence-electron chi connectivity index (χ4n) is 4.78. The minimum Gasteiger partial charge on any atom is -0.371 e. The largest absolute Gasteiger partial charge is 0.371 e. The molecular weight excluding hydrogens is 374 g/mol. The second kappa shape index (κ2) is 6.97. The Balaban J connectivity index is 1.48. The van der Waals surface area contributed by atoms with Gasteiger partial charge in [0.2, 0.25) is 0 Å². The molecule has 30 heavy (non-hydrogen) atoms. The maximum atomic E-state index is 13.1. The van der Waals surface area contributed by atoms with E-state index in [0.29, 0.717) is 19.0 Å². The third-order valence-electron chi connectivity index (χ3n) is 6.45. The molecule has 6 heteroatoms. The number of aromatic nitrogens is 3. The molecule has 6 nitrogen and oxygen atoms in total. The Hall–Kier alpha value is -3.15. The summed E-state index contributed by atoms with van der Waals surface area (Å²) in [4.78, 5) is 24.5. The van der Waals surface area contributed by atoms with Crippen LogP contribution in [0.5, 0.6) is 0 Å². The van der Waals surface area contributed by atoms with Gasteiger partial charge in [-0.25, -0.2) is 9.97 Å². The number of benzene rings is 1. The van der Waals surface area contributed by atoms with Crippen molar-refractivity contribution in [2.45, 2.75) is 45.1 Å². The van der Waals surface area contributed by atoms with Gasteiger partial charge >= 0.3 is 0 Å². The minimum absolute atomic E-state index is 0.122. The number of fused-ring (bicyclic) bond motifs is 4. The fourth-order valence-corrected chi connectivity index (χ4v) is 4.78. The number of anilines is 1. The van der Waals surface area contributed by atoms with Gasteiger partial charge in [0.1, 0.15) is 5.82 Å². The molecule has 0 bridgehead atoms. The minimum atomic E-state index is -0.237. The molecule has 154 valence electrons. The highest BCUT2D eigenvalue weighted by Crippen LogP contribution is 2.44. The molecule has 1 N–H and O–H groups in total. The van der Waals surface area contributed by atoms with Crippen LogP contribution in [0.4, 0.5) is 5.69 Å². The van der Waals surface area contributed by atoms with Crippen LogP contribution in [0.2, 0.25) is 0 Å². The summed E-state index contributed by atoms with van der Waals surface area (Å²) >= 11 is 0. The Kier molecular flexibility index (Phi) is 4.38. The lowest BCUT2D eigenvalue weighted by molar-refractivity contribution is 0.0675. The first kappa shape index (κ1) is 18.9. The second-order valence-electron chi connectivity index (χ2n) is 8.68. The van der Waals surface area contributed by atoms with Crippen molar-refractivity contribution in [3.05, 3.63) is 71.4 Å². The third-order valence-corrected chi connectivity index (χ3v) is 6.45. The molecule has 3 aromatic rings. The van der Waals surface area contributed by atoms with Crippen LogP contribution in [0.15, 0.2) is 48.8 Å². The maximum Gasteiger partial charge on any atom is 0.254 e. The Bertz CT molecular complexity index is 1110. The quantitative estimate of drug-likeness (QED) is 0.697. The van der Waals surface area contributed by atoms with E-state index in [1.807, 2.05) is 54.5 Å². The van der Waals surface area contributed by atoms with Crippen molar-refractivity contribution in [1.29, 1.82) is 0 Å². The Morgan fingerprint density at radius 1 is 1.10 bits per heavy atom. The normalized spacial score (nSPS) is 16.9. The SMILES string of the molecule is Cc1ccccc1C(=O)N1CCC2(CC1)Nc1cccnc1-n1c2cnc1C(C)C. The molecule has 0 radical (unpaired) electrons. The lowest BCUT2D eigenvalue weighted by atomic mass is 9.82. The van der Waals surface area contributed by atoms with Gasteiger partial charge in [0.25, 0.3) is 5.91 Å². The average Bonchev–Trinajstić information content (AvgIpc) is 3.21. The molecule has 1 fully saturated rings. The number of aryl methyl sites for hydroxylation is 1. The number of likely N-dealkylation sites (tertiary alicyclic amines) is 1. The maximum absolute atomic E-state index is 13.1. The van der Waals surface area contributed by atoms with Gasteiger partial charge in [-0.1, -0.05) is 32.0 Å². The van der Waals surface area contributed by atoms with Crippen LogP contribution < -0.4 is 5.32 Å². The molecule has 2 aliphatic heterocycles. The van der Waals surface area contributed by atoms with E-state index in [4.69, 9.17) is 4.98 Å². The molecule has 1 aromatic carbocycles. The number of carbonyl (C=O) groups is 1. The molecular formula is C24H27N5O. The van der Waals surface area contributed by atoms with Crippen molar-refractivity contribution in [1.82, 2.24) is 19.4 Å². The van der Waals surface area contributed by atoms with Crippen LogP contribution in [0.3, 0.4) is 0 Å². The van der Waals surface area contributed by atoms with E-state index in [0.717, 1.165) is 47.0 Å². The predicted molar refractivity (Wildman–Crippen MR) is 117 cm³/mol. The number of carbonyl (C=O) groups excluding carboxylic acids is 1. The lowest BCUT2D eigenvalue weighted by Crippen LogP contribution is -2.51. The van der Waals surface area contributed by atoms with Crippen molar-refractivity contribution >= 4 is 11.6 Å². The van der Waals surface area contributed by atoms with Crippen molar-refractivity contribution < 1.29 is 4.79 Å². The zero-order valence-electron chi connectivity index (χ0n) is 17.7. The van der Waals surface area contributed by atoms with Crippen LogP contribution in [-0.4, -0.2) is 38.4 Å². The van der Waals surface area contributed by atoms with Gasteiger partial charge in [-0.3, -0.25) is 9.36 Å². The number of imidazole rings is 1. The highest BCUT2D eigenvalue weighted by atomic mass is 16.2. The van der Waals surface area contributed by atoms with E-state index < -0.39 is 0 Å². The lowest BCUT2D eigenvalue weighted by Gasteiger charge is -2.45. The van der Waals surface area contributed by atoms with Crippen LogP contribution in [0, 0.1) is 6.92 Å². The number of piperidine rings is 1. The van der Waals surface area contributed by atoms with Gasteiger partial charge < -0.3 is 10.2 Å². The molecule has 1 saturated heterocycles. The Morgan fingerprint density at radius 3 is 2.60 bits per heavy atom. The number of pyridine rings is 1. The summed E-state index contributed by atoms with van der Waals surface area (Å²) in [5.41, 5.74) is 3.77. The summed E-state index contributed by atoms with van der Waals surface area (Å²) in [6, 6.07) is 11.9. The van der Waals surface area contributed by atoms with Crippen molar-refractivity contribution in [2.75, 3.05) is 18.4 Å². The van der Waals surface area contributed by atoms with Crippen LogP contribution in [0.25, 0.3) is 5.82 Å². The zero-order valence-corrected chi connectivity index (χ0v) is 17.7. The standard InChI is InChI=1S/C24H27N5O/c1-16(2)21-26-15-20-24(27-19-9-6-12-25-22(19)29(20)21)10-13-28(14-11-24)23(30)18-8-5-4-7-17(18)3/h4-9,12,15-16,27H,10-11,13-14H2,1-3H3. The average molecular weight is 402 g/mol. The van der Waals surface area contributed by atoms with Crippen LogP contribution in [-0.2, 0) is 5.54 Å². The van der Waals surface area contributed by atoms with E-state index in [1.165, 1.54) is 0 Å². The smallest absolute Gasteiger partial charge is 0.254 e. The summed E-state index contributed by atoms with van der Waals surface area (Å²) in [6.45, 7) is 7.74. The summed E-state index contributed by atoms with van der Waals surface area (Å²) in [5, 5.41) is 3.77. The van der Waals surface area contributed by atoms with E-state index in [-0.39, 0.29) is 11.4 Å². The van der Waals surface area contributed by atoms with Gasteiger partial charge in [0, 0.05) is 30.8 Å². The van der Waals surface area contributed by atoms with Crippen molar-refractivity contribution in [3.8, 4) is 5.82 Å². The number of nitrogens with one attached hydrogen (secondary N) is 1. The van der Waals surface area contributed by atoms with Gasteiger partial charge in [-0.2, -0.15) is 0 Å². The molecule has 4 heterocycles.